The minimum Gasteiger partial charge on any atom is -0.465 e. The van der Waals surface area contributed by atoms with Gasteiger partial charge in [-0.2, -0.15) is 5.26 Å². The SMILES string of the molecule is Cc1ccn2c(C[C@H]3CN(C(=O)O)CCO3)c(-c3c(F)cc(-c4nc(C(C#N)CCCl)c[nH]4)cc3F)nc2c1. The first-order valence-corrected chi connectivity index (χ1v) is 12.9. The number of carboxylic acid groups (broad SMARTS) is 1. The largest absolute Gasteiger partial charge is 0.465 e. The smallest absolute Gasteiger partial charge is 0.407 e. The Hall–Kier alpha value is -4.01. The molecule has 4 aromatic rings. The number of ether oxygens (including phenoxy) is 1. The van der Waals surface area contributed by atoms with Crippen molar-refractivity contribution in [3.05, 3.63) is 65.2 Å². The van der Waals surface area contributed by atoms with Gasteiger partial charge in [0.1, 0.15) is 23.1 Å². The monoisotopic (exact) mass is 554 g/mol. The molecule has 1 saturated heterocycles. The van der Waals surface area contributed by atoms with E-state index in [4.69, 9.17) is 16.3 Å². The van der Waals surface area contributed by atoms with Crippen molar-refractivity contribution in [2.24, 2.45) is 0 Å². The molecular formula is C27H25ClF2N6O3. The van der Waals surface area contributed by atoms with Crippen molar-refractivity contribution < 1.29 is 23.4 Å². The zero-order chi connectivity index (χ0) is 27.7. The van der Waals surface area contributed by atoms with Crippen LogP contribution in [0.25, 0.3) is 28.3 Å². The summed E-state index contributed by atoms with van der Waals surface area (Å²) in [5.74, 6) is -1.71. The number of hydrogen-bond acceptors (Lipinski definition) is 5. The molecule has 1 amide bonds. The molecule has 1 aromatic carbocycles. The molecule has 39 heavy (non-hydrogen) atoms. The normalized spacial score (nSPS) is 16.4. The Kier molecular flexibility index (Phi) is 7.50. The lowest BCUT2D eigenvalue weighted by atomic mass is 10.0. The van der Waals surface area contributed by atoms with E-state index in [1.807, 2.05) is 13.0 Å². The van der Waals surface area contributed by atoms with Gasteiger partial charge in [0, 0.05) is 36.8 Å². The van der Waals surface area contributed by atoms with Gasteiger partial charge in [-0.15, -0.1) is 11.6 Å². The minimum absolute atomic E-state index is 0.116. The number of fused-ring (bicyclic) bond motifs is 1. The number of hydrogen-bond donors (Lipinski definition) is 2. The van der Waals surface area contributed by atoms with Crippen LogP contribution in [0.15, 0.2) is 36.7 Å². The fourth-order valence-electron chi connectivity index (χ4n) is 4.81. The standard InChI is InChI=1S/C27H25ClF2N6O3/c1-15-3-5-36-22(11-18-14-35(27(37)38)6-7-39-18)25(34-23(36)8-15)24-19(29)9-17(10-20(24)30)26-32-13-21(33-26)16(12-31)2-4-28/h3,5,8-10,13,16,18H,2,4,6-7,11,14H2,1H3,(H,32,33)(H,37,38)/t16?,18-/m0/s1. The van der Waals surface area contributed by atoms with Crippen molar-refractivity contribution in [2.75, 3.05) is 25.6 Å². The molecule has 5 rings (SSSR count). The third kappa shape index (κ3) is 5.30. The molecule has 2 N–H and O–H groups in total. The molecule has 0 spiro atoms. The van der Waals surface area contributed by atoms with Crippen LogP contribution in [0.1, 0.15) is 29.3 Å². The molecule has 202 valence electrons. The second kappa shape index (κ2) is 11.0. The van der Waals surface area contributed by atoms with E-state index in [2.05, 4.69) is 21.0 Å². The van der Waals surface area contributed by atoms with Gasteiger partial charge < -0.3 is 24.1 Å². The summed E-state index contributed by atoms with van der Waals surface area (Å²) in [6, 6.07) is 8.14. The van der Waals surface area contributed by atoms with E-state index in [1.165, 1.54) is 23.2 Å². The van der Waals surface area contributed by atoms with Gasteiger partial charge in [-0.25, -0.2) is 23.5 Å². The van der Waals surface area contributed by atoms with Crippen LogP contribution in [-0.4, -0.2) is 67.1 Å². The lowest BCUT2D eigenvalue weighted by Crippen LogP contribution is -2.45. The fraction of sp³-hybridized carbons (Fsp3) is 0.333. The zero-order valence-electron chi connectivity index (χ0n) is 21.0. The number of aromatic amines is 1. The van der Waals surface area contributed by atoms with Crippen molar-refractivity contribution in [1.82, 2.24) is 24.3 Å². The molecule has 4 heterocycles. The van der Waals surface area contributed by atoms with Gasteiger partial charge in [0.05, 0.1) is 53.9 Å². The highest BCUT2D eigenvalue weighted by Gasteiger charge is 2.29. The number of benzene rings is 1. The van der Waals surface area contributed by atoms with Crippen molar-refractivity contribution >= 4 is 23.3 Å². The number of H-pyrrole nitrogens is 1. The van der Waals surface area contributed by atoms with Crippen LogP contribution in [0.2, 0.25) is 0 Å². The summed E-state index contributed by atoms with van der Waals surface area (Å²) >= 11 is 5.77. The molecule has 9 nitrogen and oxygen atoms in total. The van der Waals surface area contributed by atoms with Gasteiger partial charge in [-0.1, -0.05) is 0 Å². The van der Waals surface area contributed by atoms with E-state index >= 15 is 8.78 Å². The van der Waals surface area contributed by atoms with Crippen LogP contribution in [0, 0.1) is 29.9 Å². The lowest BCUT2D eigenvalue weighted by molar-refractivity contribution is -0.0214. The second-order valence-electron chi connectivity index (χ2n) is 9.41. The summed E-state index contributed by atoms with van der Waals surface area (Å²) in [5, 5.41) is 18.8. The average Bonchev–Trinajstić information content (AvgIpc) is 3.52. The lowest BCUT2D eigenvalue weighted by Gasteiger charge is -2.31. The Bertz CT molecular complexity index is 1560. The number of rotatable bonds is 7. The number of aryl methyl sites for hydroxylation is 1. The minimum atomic E-state index is -1.05. The molecule has 12 heteroatoms. The van der Waals surface area contributed by atoms with E-state index in [0.29, 0.717) is 23.5 Å². The van der Waals surface area contributed by atoms with Gasteiger partial charge in [0.25, 0.3) is 0 Å². The second-order valence-corrected chi connectivity index (χ2v) is 9.79. The van der Waals surface area contributed by atoms with Crippen LogP contribution in [0.5, 0.6) is 0 Å². The van der Waals surface area contributed by atoms with Crippen molar-refractivity contribution in [3.8, 4) is 28.7 Å². The number of aromatic nitrogens is 4. The number of halogens is 3. The number of nitrogens with one attached hydrogen (secondary N) is 1. The molecule has 3 aromatic heterocycles. The summed E-state index contributed by atoms with van der Waals surface area (Å²) < 4.78 is 38.9. The van der Waals surface area contributed by atoms with Crippen LogP contribution in [-0.2, 0) is 11.2 Å². The maximum atomic E-state index is 15.7. The Labute approximate surface area is 227 Å². The maximum Gasteiger partial charge on any atom is 0.407 e. The summed E-state index contributed by atoms with van der Waals surface area (Å²) in [6.07, 6.45) is 2.34. The molecule has 2 atom stereocenters. The van der Waals surface area contributed by atoms with Gasteiger partial charge in [-0.3, -0.25) is 0 Å². The molecule has 1 aliphatic heterocycles. The van der Waals surface area contributed by atoms with E-state index < -0.39 is 29.7 Å². The summed E-state index contributed by atoms with van der Waals surface area (Å²) in [4.78, 5) is 24.6. The summed E-state index contributed by atoms with van der Waals surface area (Å²) in [6.45, 7) is 2.50. The number of pyridine rings is 1. The number of morpholine rings is 1. The Morgan fingerprint density at radius 2 is 2.10 bits per heavy atom. The molecule has 1 aliphatic rings. The van der Waals surface area contributed by atoms with E-state index in [0.717, 1.165) is 5.56 Å². The van der Waals surface area contributed by atoms with Gasteiger partial charge >= 0.3 is 6.09 Å². The predicted molar refractivity (Wildman–Crippen MR) is 140 cm³/mol. The number of alkyl halides is 1. The van der Waals surface area contributed by atoms with E-state index in [9.17, 15) is 15.2 Å². The van der Waals surface area contributed by atoms with Crippen molar-refractivity contribution in [3.63, 3.8) is 0 Å². The van der Waals surface area contributed by atoms with Crippen molar-refractivity contribution in [2.45, 2.75) is 31.8 Å². The topological polar surface area (TPSA) is 120 Å². The number of nitriles is 1. The molecule has 0 aliphatic carbocycles. The van der Waals surface area contributed by atoms with Gasteiger partial charge in [0.15, 0.2) is 0 Å². The maximum absolute atomic E-state index is 15.7. The van der Waals surface area contributed by atoms with E-state index in [1.54, 1.807) is 16.7 Å². The predicted octanol–water partition coefficient (Wildman–Crippen LogP) is 5.14. The molecule has 0 saturated carbocycles. The third-order valence-corrected chi connectivity index (χ3v) is 6.99. The van der Waals surface area contributed by atoms with Crippen LogP contribution >= 0.6 is 11.6 Å². The van der Waals surface area contributed by atoms with Gasteiger partial charge in [-0.05, 0) is 43.2 Å². The number of carbonyl (C=O) groups is 1. The zero-order valence-corrected chi connectivity index (χ0v) is 21.8. The Morgan fingerprint density at radius 3 is 2.79 bits per heavy atom. The Morgan fingerprint density at radius 1 is 1.33 bits per heavy atom. The molecule has 1 unspecified atom stereocenters. The number of imidazole rings is 2. The van der Waals surface area contributed by atoms with Crippen LogP contribution < -0.4 is 0 Å². The van der Waals surface area contributed by atoms with Crippen LogP contribution in [0.3, 0.4) is 0 Å². The first kappa shape index (κ1) is 26.6. The molecule has 0 radical (unpaired) electrons. The third-order valence-electron chi connectivity index (χ3n) is 6.77. The first-order chi connectivity index (χ1) is 18.8. The Balaban J connectivity index is 1.54. The highest BCUT2D eigenvalue weighted by atomic mass is 35.5. The molecule has 0 bridgehead atoms. The quantitative estimate of drug-likeness (QED) is 0.305. The average molecular weight is 555 g/mol. The van der Waals surface area contributed by atoms with Crippen molar-refractivity contribution in [1.29, 1.82) is 5.26 Å². The highest BCUT2D eigenvalue weighted by Crippen LogP contribution is 2.34. The first-order valence-electron chi connectivity index (χ1n) is 12.4. The van der Waals surface area contributed by atoms with Crippen LogP contribution in [0.4, 0.5) is 13.6 Å². The highest BCUT2D eigenvalue weighted by molar-refractivity contribution is 6.17. The summed E-state index contributed by atoms with van der Waals surface area (Å²) in [5.41, 5.74) is 2.37. The number of nitrogens with zero attached hydrogens (tertiary/aromatic N) is 5. The van der Waals surface area contributed by atoms with Gasteiger partial charge in [0.2, 0.25) is 0 Å². The molecule has 1 fully saturated rings. The fourth-order valence-corrected chi connectivity index (χ4v) is 5.03. The van der Waals surface area contributed by atoms with E-state index in [-0.39, 0.29) is 54.6 Å². The molecular weight excluding hydrogens is 530 g/mol. The summed E-state index contributed by atoms with van der Waals surface area (Å²) in [7, 11) is 0. The number of amides is 1.